The number of nitrogens with zero attached hydrogens (tertiary/aromatic N) is 2. The van der Waals surface area contributed by atoms with Gasteiger partial charge in [0.1, 0.15) is 0 Å². The third-order valence-corrected chi connectivity index (χ3v) is 5.38. The van der Waals surface area contributed by atoms with Crippen molar-refractivity contribution < 1.29 is 9.59 Å². The number of aromatic nitrogens is 1. The summed E-state index contributed by atoms with van der Waals surface area (Å²) >= 11 is 0. The summed E-state index contributed by atoms with van der Waals surface area (Å²) < 4.78 is 0. The molecule has 2 N–H and O–H groups in total. The van der Waals surface area contributed by atoms with Crippen molar-refractivity contribution in [1.82, 2.24) is 9.88 Å². The Balaban J connectivity index is 1.34. The molecule has 0 bridgehead atoms. The largest absolute Gasteiger partial charge is 0.324 e. The highest BCUT2D eigenvalue weighted by Gasteiger charge is 2.61. The topological polar surface area (TPSA) is 74.3 Å². The number of benzene rings is 1. The standard InChI is InChI=1S/C20H22N4O2/c1-14-4-2-5-15(10-14)23-19(26)24-9-7-20(13-24)11-17(20)18(25)22-16-6-3-8-21-12-16/h2-6,8,10,12,17H,7,9,11,13H2,1H3,(H,22,25)(H,23,26)/t17-,20-/m1/s1. The van der Waals surface area contributed by atoms with Gasteiger partial charge in [-0.2, -0.15) is 0 Å². The lowest BCUT2D eigenvalue weighted by Crippen LogP contribution is -2.33. The minimum Gasteiger partial charge on any atom is -0.324 e. The Bertz CT molecular complexity index is 839. The van der Waals surface area contributed by atoms with Crippen LogP contribution in [0.25, 0.3) is 0 Å². The predicted molar refractivity (Wildman–Crippen MR) is 99.8 cm³/mol. The van der Waals surface area contributed by atoms with Crippen LogP contribution in [0.3, 0.4) is 0 Å². The highest BCUT2D eigenvalue weighted by Crippen LogP contribution is 2.58. The maximum atomic E-state index is 12.5. The van der Waals surface area contributed by atoms with E-state index in [-0.39, 0.29) is 23.3 Å². The van der Waals surface area contributed by atoms with Crippen LogP contribution in [0.15, 0.2) is 48.8 Å². The predicted octanol–water partition coefficient (Wildman–Crippen LogP) is 3.27. The number of amides is 3. The molecule has 2 aromatic rings. The van der Waals surface area contributed by atoms with Crippen LogP contribution in [0.4, 0.5) is 16.2 Å². The Morgan fingerprint density at radius 3 is 2.81 bits per heavy atom. The molecule has 0 unspecified atom stereocenters. The third kappa shape index (κ3) is 3.27. The van der Waals surface area contributed by atoms with Crippen LogP contribution < -0.4 is 10.6 Å². The molecule has 1 saturated heterocycles. The number of likely N-dealkylation sites (tertiary alicyclic amines) is 1. The maximum absolute atomic E-state index is 12.5. The Kier molecular flexibility index (Phi) is 4.11. The van der Waals surface area contributed by atoms with Gasteiger partial charge in [0, 0.05) is 36.3 Å². The minimum atomic E-state index is -0.0919. The summed E-state index contributed by atoms with van der Waals surface area (Å²) in [6.45, 7) is 3.32. The van der Waals surface area contributed by atoms with Gasteiger partial charge in [-0.1, -0.05) is 12.1 Å². The van der Waals surface area contributed by atoms with E-state index in [4.69, 9.17) is 0 Å². The van der Waals surface area contributed by atoms with Gasteiger partial charge in [0.15, 0.2) is 0 Å². The van der Waals surface area contributed by atoms with E-state index < -0.39 is 0 Å². The van der Waals surface area contributed by atoms with Crippen molar-refractivity contribution in [2.75, 3.05) is 23.7 Å². The van der Waals surface area contributed by atoms with E-state index in [1.165, 1.54) is 0 Å². The molecule has 2 atom stereocenters. The minimum absolute atomic E-state index is 0.0268. The van der Waals surface area contributed by atoms with Gasteiger partial charge in [-0.25, -0.2) is 4.79 Å². The molecule has 1 spiro atoms. The summed E-state index contributed by atoms with van der Waals surface area (Å²) in [5.74, 6) is -0.00146. The van der Waals surface area contributed by atoms with Crippen LogP contribution in [0.5, 0.6) is 0 Å². The summed E-state index contributed by atoms with van der Waals surface area (Å²) in [4.78, 5) is 30.8. The maximum Gasteiger partial charge on any atom is 0.321 e. The number of rotatable bonds is 3. The van der Waals surface area contributed by atoms with E-state index >= 15 is 0 Å². The first-order valence-electron chi connectivity index (χ1n) is 8.89. The normalized spacial score (nSPS) is 23.7. The van der Waals surface area contributed by atoms with E-state index in [1.54, 1.807) is 18.5 Å². The molecule has 2 heterocycles. The molecular weight excluding hydrogens is 328 g/mol. The lowest BCUT2D eigenvalue weighted by atomic mass is 10.0. The lowest BCUT2D eigenvalue weighted by Gasteiger charge is -2.18. The molecule has 1 aliphatic heterocycles. The quantitative estimate of drug-likeness (QED) is 0.892. The van der Waals surface area contributed by atoms with Gasteiger partial charge in [0.05, 0.1) is 11.9 Å². The van der Waals surface area contributed by atoms with Gasteiger partial charge in [-0.15, -0.1) is 0 Å². The van der Waals surface area contributed by atoms with Crippen LogP contribution in [0, 0.1) is 18.3 Å². The number of pyridine rings is 1. The zero-order chi connectivity index (χ0) is 18.1. The van der Waals surface area contributed by atoms with Gasteiger partial charge in [-0.05, 0) is 49.6 Å². The molecule has 6 nitrogen and oxygen atoms in total. The number of urea groups is 1. The molecular formula is C20H22N4O2. The second kappa shape index (κ2) is 6.44. The highest BCUT2D eigenvalue weighted by atomic mass is 16.2. The average molecular weight is 350 g/mol. The van der Waals surface area contributed by atoms with Gasteiger partial charge in [0.25, 0.3) is 0 Å². The lowest BCUT2D eigenvalue weighted by molar-refractivity contribution is -0.118. The molecule has 26 heavy (non-hydrogen) atoms. The van der Waals surface area contributed by atoms with Crippen molar-refractivity contribution in [3.05, 3.63) is 54.4 Å². The second-order valence-electron chi connectivity index (χ2n) is 7.32. The fourth-order valence-corrected chi connectivity index (χ4v) is 3.83. The van der Waals surface area contributed by atoms with Crippen LogP contribution in [0.2, 0.25) is 0 Å². The SMILES string of the molecule is Cc1cccc(NC(=O)N2CC[C@@]3(C[C@@H]3C(=O)Nc3cccnc3)C2)c1. The smallest absolute Gasteiger partial charge is 0.321 e. The molecule has 2 aliphatic rings. The Labute approximate surface area is 152 Å². The van der Waals surface area contributed by atoms with Crippen molar-refractivity contribution in [2.45, 2.75) is 19.8 Å². The molecule has 1 aromatic heterocycles. The number of hydrogen-bond acceptors (Lipinski definition) is 3. The average Bonchev–Trinajstić information content (AvgIpc) is 3.16. The number of nitrogens with one attached hydrogen (secondary N) is 2. The Hall–Kier alpha value is -2.89. The van der Waals surface area contributed by atoms with Crippen molar-refractivity contribution in [1.29, 1.82) is 0 Å². The molecule has 3 amide bonds. The van der Waals surface area contributed by atoms with Gasteiger partial charge >= 0.3 is 6.03 Å². The Morgan fingerprint density at radius 2 is 2.04 bits per heavy atom. The number of carbonyl (C=O) groups is 2. The summed E-state index contributed by atoms with van der Waals surface area (Å²) in [5.41, 5.74) is 2.57. The molecule has 4 rings (SSSR count). The summed E-state index contributed by atoms with van der Waals surface area (Å²) in [6.07, 6.45) is 5.03. The Morgan fingerprint density at radius 1 is 1.19 bits per heavy atom. The number of carbonyl (C=O) groups excluding carboxylic acids is 2. The highest BCUT2D eigenvalue weighted by molar-refractivity contribution is 5.95. The van der Waals surface area contributed by atoms with E-state index in [1.807, 2.05) is 42.2 Å². The number of anilines is 2. The van der Waals surface area contributed by atoms with E-state index in [0.717, 1.165) is 24.1 Å². The van der Waals surface area contributed by atoms with Gasteiger partial charge in [0.2, 0.25) is 5.91 Å². The van der Waals surface area contributed by atoms with Crippen molar-refractivity contribution in [3.63, 3.8) is 0 Å². The van der Waals surface area contributed by atoms with Crippen molar-refractivity contribution >= 4 is 23.3 Å². The zero-order valence-electron chi connectivity index (χ0n) is 14.7. The fraction of sp³-hybridized carbons (Fsp3) is 0.350. The van der Waals surface area contributed by atoms with Crippen molar-refractivity contribution in [2.24, 2.45) is 11.3 Å². The molecule has 1 aliphatic carbocycles. The fourth-order valence-electron chi connectivity index (χ4n) is 3.83. The van der Waals surface area contributed by atoms with E-state index in [9.17, 15) is 9.59 Å². The van der Waals surface area contributed by atoms with Crippen LogP contribution in [-0.2, 0) is 4.79 Å². The molecule has 1 aromatic carbocycles. The van der Waals surface area contributed by atoms with E-state index in [2.05, 4.69) is 15.6 Å². The van der Waals surface area contributed by atoms with Crippen LogP contribution in [-0.4, -0.2) is 34.9 Å². The number of aryl methyl sites for hydroxylation is 1. The van der Waals surface area contributed by atoms with Crippen LogP contribution in [0.1, 0.15) is 18.4 Å². The first-order chi connectivity index (χ1) is 12.6. The summed E-state index contributed by atoms with van der Waals surface area (Å²) in [7, 11) is 0. The molecule has 1 saturated carbocycles. The first-order valence-corrected chi connectivity index (χ1v) is 8.89. The monoisotopic (exact) mass is 350 g/mol. The molecule has 0 radical (unpaired) electrons. The van der Waals surface area contributed by atoms with Crippen LogP contribution >= 0.6 is 0 Å². The number of hydrogen-bond donors (Lipinski definition) is 2. The van der Waals surface area contributed by atoms with Crippen molar-refractivity contribution in [3.8, 4) is 0 Å². The van der Waals surface area contributed by atoms with Gasteiger partial charge in [-0.3, -0.25) is 9.78 Å². The summed E-state index contributed by atoms with van der Waals surface area (Å²) in [6, 6.07) is 11.3. The molecule has 134 valence electrons. The van der Waals surface area contributed by atoms with Gasteiger partial charge < -0.3 is 15.5 Å². The molecule has 2 fully saturated rings. The molecule has 6 heteroatoms. The summed E-state index contributed by atoms with van der Waals surface area (Å²) in [5, 5.41) is 5.88. The van der Waals surface area contributed by atoms with E-state index in [0.29, 0.717) is 18.8 Å². The second-order valence-corrected chi connectivity index (χ2v) is 7.32. The first kappa shape index (κ1) is 16.6. The third-order valence-electron chi connectivity index (χ3n) is 5.38. The zero-order valence-corrected chi connectivity index (χ0v) is 14.7.